The van der Waals surface area contributed by atoms with Crippen molar-refractivity contribution in [1.29, 1.82) is 0 Å². The monoisotopic (exact) mass is 442 g/mol. The Hall–Kier alpha value is -3.79. The molecule has 3 rings (SSSR count). The minimum Gasteiger partial charge on any atom is -0.484 e. The molecule has 0 radical (unpaired) electrons. The molecule has 0 spiro atoms. The topological polar surface area (TPSA) is 118 Å². The number of rotatable bonds is 8. The molecule has 0 aromatic heterocycles. The molecule has 32 heavy (non-hydrogen) atoms. The molecule has 0 bridgehead atoms. The number of para-hydroxylation sites is 1. The van der Waals surface area contributed by atoms with Crippen molar-refractivity contribution in [2.45, 2.75) is 18.9 Å². The van der Waals surface area contributed by atoms with E-state index in [1.165, 1.54) is 24.4 Å². The third-order valence-corrected chi connectivity index (χ3v) is 4.51. The number of benzene rings is 2. The van der Waals surface area contributed by atoms with Crippen LogP contribution in [0.25, 0.3) is 0 Å². The number of hydrogen-bond donors (Lipinski definition) is 3. The Morgan fingerprint density at radius 2 is 1.91 bits per heavy atom. The molecular formula is C22H23FN4O5. The Labute approximate surface area is 184 Å². The van der Waals surface area contributed by atoms with Gasteiger partial charge in [-0.15, -0.1) is 0 Å². The van der Waals surface area contributed by atoms with Gasteiger partial charge in [0.2, 0.25) is 0 Å². The molecule has 3 N–H and O–H groups in total. The Morgan fingerprint density at radius 3 is 2.62 bits per heavy atom. The number of carbonyl (C=O) groups is 3. The molecule has 1 saturated heterocycles. The third-order valence-electron chi connectivity index (χ3n) is 4.51. The normalized spacial score (nSPS) is 15.3. The second-order valence-electron chi connectivity index (χ2n) is 6.93. The number of ether oxygens (including phenoxy) is 2. The average molecular weight is 442 g/mol. The highest BCUT2D eigenvalue weighted by atomic mass is 19.1. The van der Waals surface area contributed by atoms with Crippen molar-refractivity contribution in [2.75, 3.05) is 25.1 Å². The SMILES string of the molecule is O=C(COc1ccc(/C=N\NC(=O)C(=O)Nc2ccccc2F)cc1)NC[C@H]1CCCO1. The van der Waals surface area contributed by atoms with Crippen molar-refractivity contribution in [3.63, 3.8) is 0 Å². The molecule has 168 valence electrons. The fraction of sp³-hybridized carbons (Fsp3) is 0.273. The summed E-state index contributed by atoms with van der Waals surface area (Å²) in [4.78, 5) is 35.4. The molecular weight excluding hydrogens is 419 g/mol. The lowest BCUT2D eigenvalue weighted by Crippen LogP contribution is -2.35. The number of halogens is 1. The van der Waals surface area contributed by atoms with Crippen LogP contribution in [0, 0.1) is 5.82 Å². The first-order chi connectivity index (χ1) is 15.5. The Kier molecular flexibility index (Phi) is 8.27. The zero-order chi connectivity index (χ0) is 22.8. The Bertz CT molecular complexity index is 975. The second kappa shape index (κ2) is 11.6. The molecule has 2 aromatic rings. The van der Waals surface area contributed by atoms with Gasteiger partial charge in [-0.2, -0.15) is 5.10 Å². The maximum atomic E-state index is 13.5. The van der Waals surface area contributed by atoms with Crippen molar-refractivity contribution in [3.05, 3.63) is 59.9 Å². The standard InChI is InChI=1S/C22H23FN4O5/c23-18-5-1-2-6-19(18)26-21(29)22(30)27-25-12-15-7-9-16(10-8-15)32-14-20(28)24-13-17-4-3-11-31-17/h1-2,5-10,12,17H,3-4,11,13-14H2,(H,24,28)(H,26,29)(H,27,30)/b25-12-/t17-/m1/s1. The van der Waals surface area contributed by atoms with Crippen molar-refractivity contribution in [1.82, 2.24) is 10.7 Å². The van der Waals surface area contributed by atoms with E-state index in [1.807, 2.05) is 0 Å². The zero-order valence-corrected chi connectivity index (χ0v) is 17.2. The molecule has 1 atom stereocenters. The van der Waals surface area contributed by atoms with E-state index >= 15 is 0 Å². The number of amides is 3. The summed E-state index contributed by atoms with van der Waals surface area (Å²) in [5.41, 5.74) is 2.58. The summed E-state index contributed by atoms with van der Waals surface area (Å²) in [7, 11) is 0. The molecule has 9 nitrogen and oxygen atoms in total. The van der Waals surface area contributed by atoms with Crippen molar-refractivity contribution in [2.24, 2.45) is 5.10 Å². The number of hydrogen-bond acceptors (Lipinski definition) is 6. The van der Waals surface area contributed by atoms with Crippen LogP contribution in [-0.4, -0.2) is 49.8 Å². The van der Waals surface area contributed by atoms with Crippen LogP contribution in [0.1, 0.15) is 18.4 Å². The van der Waals surface area contributed by atoms with E-state index in [4.69, 9.17) is 9.47 Å². The largest absolute Gasteiger partial charge is 0.484 e. The van der Waals surface area contributed by atoms with E-state index in [0.29, 0.717) is 17.9 Å². The van der Waals surface area contributed by atoms with Crippen LogP contribution in [0.5, 0.6) is 5.75 Å². The first kappa shape index (κ1) is 22.9. The molecule has 3 amide bonds. The van der Waals surface area contributed by atoms with Crippen LogP contribution < -0.4 is 20.8 Å². The molecule has 1 heterocycles. The van der Waals surface area contributed by atoms with Crippen LogP contribution in [-0.2, 0) is 19.1 Å². The number of carbonyl (C=O) groups excluding carboxylic acids is 3. The van der Waals surface area contributed by atoms with Gasteiger partial charge in [-0.1, -0.05) is 12.1 Å². The van der Waals surface area contributed by atoms with Gasteiger partial charge < -0.3 is 20.1 Å². The Morgan fingerprint density at radius 1 is 1.12 bits per heavy atom. The summed E-state index contributed by atoms with van der Waals surface area (Å²) in [5.74, 6) is -2.49. The van der Waals surface area contributed by atoms with E-state index in [-0.39, 0.29) is 24.3 Å². The highest BCUT2D eigenvalue weighted by Crippen LogP contribution is 2.13. The lowest BCUT2D eigenvalue weighted by Gasteiger charge is -2.11. The summed E-state index contributed by atoms with van der Waals surface area (Å²) in [6.45, 7) is 1.09. The summed E-state index contributed by atoms with van der Waals surface area (Å²) in [5, 5.41) is 8.62. The van der Waals surface area contributed by atoms with E-state index in [0.717, 1.165) is 25.5 Å². The lowest BCUT2D eigenvalue weighted by atomic mass is 10.2. The second-order valence-corrected chi connectivity index (χ2v) is 6.93. The predicted molar refractivity (Wildman–Crippen MR) is 115 cm³/mol. The summed E-state index contributed by atoms with van der Waals surface area (Å²) < 4.78 is 24.4. The van der Waals surface area contributed by atoms with Crippen molar-refractivity contribution >= 4 is 29.6 Å². The first-order valence-corrected chi connectivity index (χ1v) is 10.0. The molecule has 0 saturated carbocycles. The zero-order valence-electron chi connectivity index (χ0n) is 17.2. The van der Waals surface area contributed by atoms with Crippen LogP contribution in [0.15, 0.2) is 53.6 Å². The van der Waals surface area contributed by atoms with Gasteiger partial charge in [0.1, 0.15) is 11.6 Å². The number of hydrazone groups is 1. The van der Waals surface area contributed by atoms with Gasteiger partial charge in [0.15, 0.2) is 6.61 Å². The quantitative estimate of drug-likeness (QED) is 0.326. The van der Waals surface area contributed by atoms with Gasteiger partial charge >= 0.3 is 11.8 Å². The third kappa shape index (κ3) is 7.17. The summed E-state index contributed by atoms with van der Waals surface area (Å²) in [6.07, 6.45) is 3.35. The first-order valence-electron chi connectivity index (χ1n) is 10.0. The summed E-state index contributed by atoms with van der Waals surface area (Å²) >= 11 is 0. The molecule has 1 fully saturated rings. The van der Waals surface area contributed by atoms with Gasteiger partial charge in [0.25, 0.3) is 5.91 Å². The van der Waals surface area contributed by atoms with E-state index < -0.39 is 17.6 Å². The molecule has 10 heteroatoms. The summed E-state index contributed by atoms with van der Waals surface area (Å²) in [6, 6.07) is 12.1. The lowest BCUT2D eigenvalue weighted by molar-refractivity contribution is -0.136. The molecule has 0 unspecified atom stereocenters. The highest BCUT2D eigenvalue weighted by Gasteiger charge is 2.16. The van der Waals surface area contributed by atoms with E-state index in [2.05, 4.69) is 21.2 Å². The van der Waals surface area contributed by atoms with Gasteiger partial charge in [-0.3, -0.25) is 14.4 Å². The smallest absolute Gasteiger partial charge is 0.329 e. The molecule has 1 aliphatic rings. The van der Waals surface area contributed by atoms with E-state index in [9.17, 15) is 18.8 Å². The van der Waals surface area contributed by atoms with Crippen LogP contribution in [0.3, 0.4) is 0 Å². The minimum atomic E-state index is -1.05. The van der Waals surface area contributed by atoms with Crippen LogP contribution in [0.4, 0.5) is 10.1 Å². The number of nitrogens with zero attached hydrogens (tertiary/aromatic N) is 1. The molecule has 2 aromatic carbocycles. The minimum absolute atomic E-state index is 0.0728. The van der Waals surface area contributed by atoms with Gasteiger partial charge in [0.05, 0.1) is 18.0 Å². The van der Waals surface area contributed by atoms with E-state index in [1.54, 1.807) is 24.3 Å². The van der Waals surface area contributed by atoms with Gasteiger partial charge in [-0.05, 0) is 54.8 Å². The maximum Gasteiger partial charge on any atom is 0.329 e. The van der Waals surface area contributed by atoms with Crippen LogP contribution in [0.2, 0.25) is 0 Å². The number of anilines is 1. The number of nitrogens with one attached hydrogen (secondary N) is 3. The maximum absolute atomic E-state index is 13.5. The van der Waals surface area contributed by atoms with Crippen molar-refractivity contribution in [3.8, 4) is 5.75 Å². The molecule has 0 aliphatic carbocycles. The molecule has 1 aliphatic heterocycles. The fourth-order valence-corrected chi connectivity index (χ4v) is 2.84. The predicted octanol–water partition coefficient (Wildman–Crippen LogP) is 1.59. The van der Waals surface area contributed by atoms with Gasteiger partial charge in [0, 0.05) is 13.2 Å². The average Bonchev–Trinajstić information content (AvgIpc) is 3.32. The van der Waals surface area contributed by atoms with Crippen LogP contribution >= 0.6 is 0 Å². The fourth-order valence-electron chi connectivity index (χ4n) is 2.84. The van der Waals surface area contributed by atoms with Gasteiger partial charge in [-0.25, -0.2) is 9.82 Å². The van der Waals surface area contributed by atoms with Crippen molar-refractivity contribution < 1.29 is 28.2 Å². The Balaban J connectivity index is 1.38. The highest BCUT2D eigenvalue weighted by molar-refractivity contribution is 6.39.